The topological polar surface area (TPSA) is 48.1 Å². The highest BCUT2D eigenvalue weighted by Gasteiger charge is 2.26. The average molecular weight is 236 g/mol. The first kappa shape index (κ1) is 9.41. The second-order valence-electron chi connectivity index (χ2n) is 4.39. The van der Waals surface area contributed by atoms with Crippen LogP contribution in [0.4, 0.5) is 5.69 Å². The third-order valence-corrected chi connectivity index (χ3v) is 3.39. The molecule has 4 nitrogen and oxygen atoms in total. The molecule has 0 radical (unpaired) electrons. The summed E-state index contributed by atoms with van der Waals surface area (Å²) in [5, 5.41) is 11.6. The highest BCUT2D eigenvalue weighted by atomic mass is 16.6. The highest BCUT2D eigenvalue weighted by Crippen LogP contribution is 2.47. The Hall–Kier alpha value is -2.62. The molecule has 0 saturated carbocycles. The van der Waals surface area contributed by atoms with Crippen LogP contribution < -0.4 is 0 Å². The SMILES string of the molecule is O=[N+]([O-])c1ccc2c(ccn2-c2c3cccc2-3)c1. The van der Waals surface area contributed by atoms with Crippen LogP contribution in [0.15, 0.2) is 48.7 Å². The van der Waals surface area contributed by atoms with Gasteiger partial charge in [0.25, 0.3) is 5.69 Å². The summed E-state index contributed by atoms with van der Waals surface area (Å²) in [5.41, 5.74) is 4.89. The van der Waals surface area contributed by atoms with Gasteiger partial charge >= 0.3 is 0 Å². The van der Waals surface area contributed by atoms with E-state index in [0.717, 1.165) is 10.9 Å². The number of fused-ring (bicyclic) bond motifs is 2. The maximum atomic E-state index is 10.7. The van der Waals surface area contributed by atoms with E-state index in [9.17, 15) is 10.1 Å². The molecular formula is C14H8N2O2. The van der Waals surface area contributed by atoms with Gasteiger partial charge in [-0.15, -0.1) is 0 Å². The zero-order valence-corrected chi connectivity index (χ0v) is 9.33. The second-order valence-corrected chi connectivity index (χ2v) is 4.39. The fraction of sp³-hybridized carbons (Fsp3) is 0. The summed E-state index contributed by atoms with van der Waals surface area (Å²) in [6.07, 6.45) is 1.96. The van der Waals surface area contributed by atoms with Crippen LogP contribution in [0.25, 0.3) is 27.7 Å². The van der Waals surface area contributed by atoms with Crippen LogP contribution in [0.2, 0.25) is 0 Å². The summed E-state index contributed by atoms with van der Waals surface area (Å²) in [6, 6.07) is 13.1. The van der Waals surface area contributed by atoms with Crippen LogP contribution >= 0.6 is 0 Å². The van der Waals surface area contributed by atoms with Crippen molar-refractivity contribution < 1.29 is 4.92 Å². The molecule has 2 aliphatic rings. The first-order chi connectivity index (χ1) is 8.75. The lowest BCUT2D eigenvalue weighted by molar-refractivity contribution is -0.384. The van der Waals surface area contributed by atoms with Crippen molar-refractivity contribution in [2.45, 2.75) is 0 Å². The van der Waals surface area contributed by atoms with Crippen molar-refractivity contribution >= 4 is 16.6 Å². The molecule has 0 amide bonds. The molecule has 2 aliphatic carbocycles. The number of hydrogen-bond acceptors (Lipinski definition) is 2. The van der Waals surface area contributed by atoms with Crippen LogP contribution in [-0.2, 0) is 0 Å². The molecule has 18 heavy (non-hydrogen) atoms. The Labute approximate surface area is 102 Å². The van der Waals surface area contributed by atoms with Gasteiger partial charge in [0.05, 0.1) is 16.1 Å². The molecule has 4 heteroatoms. The fourth-order valence-electron chi connectivity index (χ4n) is 2.48. The van der Waals surface area contributed by atoms with Crippen LogP contribution in [0.1, 0.15) is 0 Å². The molecule has 86 valence electrons. The van der Waals surface area contributed by atoms with Crippen molar-refractivity contribution in [1.29, 1.82) is 0 Å². The van der Waals surface area contributed by atoms with Crippen molar-refractivity contribution in [2.24, 2.45) is 0 Å². The fourth-order valence-corrected chi connectivity index (χ4v) is 2.48. The number of aromatic nitrogens is 1. The van der Waals surface area contributed by atoms with Crippen LogP contribution in [0.3, 0.4) is 0 Å². The van der Waals surface area contributed by atoms with Crippen LogP contribution in [-0.4, -0.2) is 9.49 Å². The van der Waals surface area contributed by atoms with Gasteiger partial charge in [-0.05, 0) is 12.1 Å². The number of benzene rings is 2. The highest BCUT2D eigenvalue weighted by molar-refractivity contribution is 6.01. The lowest BCUT2D eigenvalue weighted by Gasteiger charge is -1.98. The summed E-state index contributed by atoms with van der Waals surface area (Å²) in [6.45, 7) is 0. The Kier molecular flexibility index (Phi) is 1.56. The summed E-state index contributed by atoms with van der Waals surface area (Å²) in [5.74, 6) is 0. The Bertz CT molecular complexity index is 798. The number of para-hydroxylation sites is 1. The molecule has 0 N–H and O–H groups in total. The van der Waals surface area contributed by atoms with Crippen molar-refractivity contribution in [1.82, 2.24) is 4.57 Å². The molecule has 0 unspecified atom stereocenters. The summed E-state index contributed by atoms with van der Waals surface area (Å²) in [4.78, 5) is 10.4. The molecule has 0 fully saturated rings. The smallest absolute Gasteiger partial charge is 0.270 e. The third-order valence-electron chi connectivity index (χ3n) is 3.39. The van der Waals surface area contributed by atoms with Gasteiger partial charge in [0, 0.05) is 34.8 Å². The maximum Gasteiger partial charge on any atom is 0.270 e. The quantitative estimate of drug-likeness (QED) is 0.395. The predicted molar refractivity (Wildman–Crippen MR) is 68.9 cm³/mol. The molecular weight excluding hydrogens is 228 g/mol. The molecule has 1 aromatic carbocycles. The summed E-state index contributed by atoms with van der Waals surface area (Å²) in [7, 11) is 0. The largest absolute Gasteiger partial charge is 0.315 e. The van der Waals surface area contributed by atoms with Gasteiger partial charge < -0.3 is 4.57 Å². The standard InChI is InChI=1S/C14H8N2O2/c17-16(18)10-4-5-13-9(8-10)6-7-15(13)14-11-2-1-3-12(11)14/h1-8H. The molecule has 0 saturated heterocycles. The Morgan fingerprint density at radius 3 is 2.56 bits per heavy atom. The minimum atomic E-state index is -0.365. The van der Waals surface area contributed by atoms with Crippen LogP contribution in [0.5, 0.6) is 0 Å². The number of nitro groups is 1. The molecule has 0 aliphatic heterocycles. The van der Waals surface area contributed by atoms with Gasteiger partial charge in [0.2, 0.25) is 0 Å². The Morgan fingerprint density at radius 2 is 1.83 bits per heavy atom. The average Bonchev–Trinajstić information content (AvgIpc) is 2.80. The molecule has 2 aromatic rings. The maximum absolute atomic E-state index is 10.7. The summed E-state index contributed by atoms with van der Waals surface area (Å²) < 4.78 is 2.09. The molecule has 1 heterocycles. The van der Waals surface area contributed by atoms with E-state index in [4.69, 9.17) is 0 Å². The number of nitrogens with zero attached hydrogens (tertiary/aromatic N) is 2. The van der Waals surface area contributed by atoms with Crippen LogP contribution in [0, 0.1) is 10.1 Å². The van der Waals surface area contributed by atoms with E-state index in [2.05, 4.69) is 16.7 Å². The Balaban J connectivity index is 1.93. The molecule has 0 bridgehead atoms. The lowest BCUT2D eigenvalue weighted by atomic mass is 10.2. The van der Waals surface area contributed by atoms with Crippen molar-refractivity contribution in [3.8, 4) is 16.8 Å². The van der Waals surface area contributed by atoms with E-state index >= 15 is 0 Å². The monoisotopic (exact) mass is 236 g/mol. The zero-order valence-electron chi connectivity index (χ0n) is 9.33. The number of rotatable bonds is 2. The number of nitro benzene ring substituents is 1. The van der Waals surface area contributed by atoms with Crippen molar-refractivity contribution in [2.75, 3.05) is 0 Å². The summed E-state index contributed by atoms with van der Waals surface area (Å²) >= 11 is 0. The van der Waals surface area contributed by atoms with E-state index in [-0.39, 0.29) is 10.6 Å². The lowest BCUT2D eigenvalue weighted by Crippen LogP contribution is -1.88. The molecule has 0 atom stereocenters. The zero-order chi connectivity index (χ0) is 12.3. The van der Waals surface area contributed by atoms with E-state index in [0.29, 0.717) is 0 Å². The molecule has 1 aromatic heterocycles. The van der Waals surface area contributed by atoms with Gasteiger partial charge in [-0.25, -0.2) is 0 Å². The number of hydrogen-bond donors (Lipinski definition) is 0. The van der Waals surface area contributed by atoms with Gasteiger partial charge in [-0.2, -0.15) is 0 Å². The first-order valence-electron chi connectivity index (χ1n) is 5.65. The van der Waals surface area contributed by atoms with E-state index in [1.54, 1.807) is 18.2 Å². The van der Waals surface area contributed by atoms with Gasteiger partial charge in [0.15, 0.2) is 0 Å². The van der Waals surface area contributed by atoms with E-state index in [1.807, 2.05) is 18.3 Å². The normalized spacial score (nSPS) is 11.8. The van der Waals surface area contributed by atoms with Crippen molar-refractivity contribution in [3.63, 3.8) is 0 Å². The van der Waals surface area contributed by atoms with Gasteiger partial charge in [-0.3, -0.25) is 10.1 Å². The van der Waals surface area contributed by atoms with E-state index < -0.39 is 0 Å². The van der Waals surface area contributed by atoms with E-state index in [1.165, 1.54) is 16.8 Å². The van der Waals surface area contributed by atoms with Gasteiger partial charge in [-0.1, -0.05) is 18.2 Å². The van der Waals surface area contributed by atoms with Gasteiger partial charge in [0.1, 0.15) is 0 Å². The molecule has 4 rings (SSSR count). The predicted octanol–water partition coefficient (Wildman–Crippen LogP) is 3.52. The van der Waals surface area contributed by atoms with Crippen molar-refractivity contribution in [3.05, 3.63) is 58.8 Å². The first-order valence-corrected chi connectivity index (χ1v) is 5.65. The minimum absolute atomic E-state index is 0.132. The second kappa shape index (κ2) is 2.98. The Morgan fingerprint density at radius 1 is 1.06 bits per heavy atom. The number of non-ortho nitro benzene ring substituents is 1. The third kappa shape index (κ3) is 1.09. The molecule has 0 spiro atoms. The minimum Gasteiger partial charge on any atom is -0.315 e.